The maximum atomic E-state index is 13.1. The Morgan fingerprint density at radius 2 is 2.00 bits per heavy atom. The van der Waals surface area contributed by atoms with E-state index in [9.17, 15) is 4.39 Å². The van der Waals surface area contributed by atoms with Crippen molar-refractivity contribution in [3.05, 3.63) is 58.4 Å². The van der Waals surface area contributed by atoms with E-state index in [2.05, 4.69) is 0 Å². The molecular weight excluding hydrogens is 305 g/mol. The Morgan fingerprint density at radius 1 is 1.23 bits per heavy atom. The Labute approximate surface area is 134 Å². The highest BCUT2D eigenvalue weighted by atomic mass is 35.5. The molecule has 0 aliphatic carbocycles. The summed E-state index contributed by atoms with van der Waals surface area (Å²) in [6.07, 6.45) is 0.777. The molecule has 2 rings (SSSR count). The van der Waals surface area contributed by atoms with E-state index in [4.69, 9.17) is 26.8 Å². The van der Waals surface area contributed by atoms with Gasteiger partial charge in [0.2, 0.25) is 0 Å². The van der Waals surface area contributed by atoms with Crippen LogP contribution in [-0.4, -0.2) is 13.2 Å². The minimum Gasteiger partial charge on any atom is -0.496 e. The molecule has 0 spiro atoms. The van der Waals surface area contributed by atoms with Crippen molar-refractivity contribution >= 4 is 11.6 Å². The lowest BCUT2D eigenvalue weighted by Crippen LogP contribution is -2.17. The van der Waals surface area contributed by atoms with Gasteiger partial charge in [0.05, 0.1) is 12.1 Å². The monoisotopic (exact) mass is 323 g/mol. The molecule has 1 unspecified atom stereocenters. The van der Waals surface area contributed by atoms with Crippen LogP contribution in [0.5, 0.6) is 11.5 Å². The molecule has 0 aromatic heterocycles. The number of ether oxygens (including phenoxy) is 2. The van der Waals surface area contributed by atoms with E-state index in [-0.39, 0.29) is 11.1 Å². The van der Waals surface area contributed by atoms with Gasteiger partial charge in [0.1, 0.15) is 23.9 Å². The van der Waals surface area contributed by atoms with Gasteiger partial charge in [-0.15, -0.1) is 0 Å². The summed E-state index contributed by atoms with van der Waals surface area (Å²) in [7, 11) is 1.61. The first-order chi connectivity index (χ1) is 10.5. The molecule has 2 aromatic rings. The highest BCUT2D eigenvalue weighted by Gasteiger charge is 2.08. The number of hydrogen-bond acceptors (Lipinski definition) is 3. The van der Waals surface area contributed by atoms with Crippen molar-refractivity contribution in [2.45, 2.75) is 26.0 Å². The zero-order valence-corrected chi connectivity index (χ0v) is 13.4. The molecule has 118 valence electrons. The number of nitrogens with two attached hydrogens (primary N) is 1. The van der Waals surface area contributed by atoms with Crippen molar-refractivity contribution in [2.75, 3.05) is 7.11 Å². The molecule has 0 heterocycles. The Bertz CT molecular complexity index is 647. The smallest absolute Gasteiger partial charge is 0.142 e. The third-order valence-corrected chi connectivity index (χ3v) is 3.48. The van der Waals surface area contributed by atoms with Crippen LogP contribution in [0.25, 0.3) is 0 Å². The average Bonchev–Trinajstić information content (AvgIpc) is 2.48. The number of hydrogen-bond donors (Lipinski definition) is 1. The molecule has 0 saturated heterocycles. The molecule has 3 nitrogen and oxygen atoms in total. The number of benzene rings is 2. The van der Waals surface area contributed by atoms with Crippen LogP contribution >= 0.6 is 11.6 Å². The quantitative estimate of drug-likeness (QED) is 0.875. The lowest BCUT2D eigenvalue weighted by Gasteiger charge is -2.13. The van der Waals surface area contributed by atoms with Crippen molar-refractivity contribution in [3.8, 4) is 11.5 Å². The van der Waals surface area contributed by atoms with Crippen molar-refractivity contribution in [3.63, 3.8) is 0 Å². The lowest BCUT2D eigenvalue weighted by atomic mass is 10.0. The molecule has 0 radical (unpaired) electrons. The van der Waals surface area contributed by atoms with Gasteiger partial charge in [-0.25, -0.2) is 4.39 Å². The molecule has 1 atom stereocenters. The maximum Gasteiger partial charge on any atom is 0.142 e. The molecular formula is C17H19ClFNO2. The van der Waals surface area contributed by atoms with E-state index in [1.54, 1.807) is 13.2 Å². The summed E-state index contributed by atoms with van der Waals surface area (Å²) in [4.78, 5) is 0. The van der Waals surface area contributed by atoms with Gasteiger partial charge in [-0.2, -0.15) is 0 Å². The van der Waals surface area contributed by atoms with Crippen LogP contribution in [0.15, 0.2) is 36.4 Å². The van der Waals surface area contributed by atoms with Gasteiger partial charge in [-0.05, 0) is 43.2 Å². The van der Waals surface area contributed by atoms with Crippen LogP contribution < -0.4 is 15.2 Å². The Morgan fingerprint density at radius 3 is 2.64 bits per heavy atom. The number of rotatable bonds is 6. The van der Waals surface area contributed by atoms with E-state index in [1.807, 2.05) is 25.1 Å². The minimum absolute atomic E-state index is 0.0372. The molecule has 2 aromatic carbocycles. The molecule has 0 saturated carbocycles. The highest BCUT2D eigenvalue weighted by molar-refractivity contribution is 6.30. The second-order valence-electron chi connectivity index (χ2n) is 5.19. The molecule has 22 heavy (non-hydrogen) atoms. The maximum absolute atomic E-state index is 13.1. The summed E-state index contributed by atoms with van der Waals surface area (Å²) < 4.78 is 24.1. The second kappa shape index (κ2) is 7.47. The van der Waals surface area contributed by atoms with Crippen LogP contribution in [0.3, 0.4) is 0 Å². The van der Waals surface area contributed by atoms with Crippen molar-refractivity contribution in [1.82, 2.24) is 0 Å². The van der Waals surface area contributed by atoms with Crippen molar-refractivity contribution < 1.29 is 13.9 Å². The first-order valence-corrected chi connectivity index (χ1v) is 7.36. The Kier molecular flexibility index (Phi) is 5.63. The fraction of sp³-hybridized carbons (Fsp3) is 0.294. The number of methoxy groups -OCH3 is 1. The van der Waals surface area contributed by atoms with Crippen molar-refractivity contribution in [2.24, 2.45) is 5.73 Å². The summed E-state index contributed by atoms with van der Waals surface area (Å²) in [6.45, 7) is 2.26. The second-order valence-corrected chi connectivity index (χ2v) is 5.60. The predicted molar refractivity (Wildman–Crippen MR) is 86.1 cm³/mol. The molecule has 5 heteroatoms. The zero-order chi connectivity index (χ0) is 16.1. The van der Waals surface area contributed by atoms with E-state index >= 15 is 0 Å². The third kappa shape index (κ3) is 4.36. The largest absolute Gasteiger partial charge is 0.496 e. The van der Waals surface area contributed by atoms with Crippen LogP contribution in [0.4, 0.5) is 4.39 Å². The summed E-state index contributed by atoms with van der Waals surface area (Å²) >= 11 is 5.74. The van der Waals surface area contributed by atoms with Gasteiger partial charge in [0.25, 0.3) is 0 Å². The minimum atomic E-state index is -0.467. The standard InChI is InChI=1S/C17H19ClFNO2/c1-11(20)7-12-3-6-17(21-2)13(8-12)10-22-14-4-5-16(19)15(18)9-14/h3-6,8-9,11H,7,10,20H2,1-2H3. The van der Waals surface area contributed by atoms with Gasteiger partial charge < -0.3 is 15.2 Å². The number of halogens is 2. The summed E-state index contributed by atoms with van der Waals surface area (Å²) in [5.41, 5.74) is 7.85. The Balaban J connectivity index is 2.14. The fourth-order valence-corrected chi connectivity index (χ4v) is 2.34. The van der Waals surface area contributed by atoms with E-state index in [0.717, 1.165) is 23.3 Å². The summed E-state index contributed by atoms with van der Waals surface area (Å²) in [5, 5.41) is 0.0372. The van der Waals surface area contributed by atoms with Gasteiger partial charge in [-0.1, -0.05) is 17.7 Å². The predicted octanol–water partition coefficient (Wildman–Crippen LogP) is 3.96. The normalized spacial score (nSPS) is 12.0. The zero-order valence-electron chi connectivity index (χ0n) is 12.6. The van der Waals surface area contributed by atoms with Crippen molar-refractivity contribution in [1.29, 1.82) is 0 Å². The van der Waals surface area contributed by atoms with Gasteiger partial charge in [0, 0.05) is 17.7 Å². The lowest BCUT2D eigenvalue weighted by molar-refractivity contribution is 0.296. The SMILES string of the molecule is COc1ccc(CC(C)N)cc1COc1ccc(F)c(Cl)c1. The summed E-state index contributed by atoms with van der Waals surface area (Å²) in [6, 6.07) is 10.2. The van der Waals surface area contributed by atoms with Crippen LogP contribution in [0.1, 0.15) is 18.1 Å². The molecule has 2 N–H and O–H groups in total. The molecule has 0 fully saturated rings. The van der Waals surface area contributed by atoms with Crippen LogP contribution in [0.2, 0.25) is 5.02 Å². The van der Waals surface area contributed by atoms with E-state index in [1.165, 1.54) is 12.1 Å². The molecule has 0 aliphatic heterocycles. The first kappa shape index (κ1) is 16.6. The Hall–Kier alpha value is -1.78. The summed E-state index contributed by atoms with van der Waals surface area (Å²) in [5.74, 6) is 0.776. The molecule has 0 aliphatic rings. The van der Waals surface area contributed by atoms with Gasteiger partial charge >= 0.3 is 0 Å². The topological polar surface area (TPSA) is 44.5 Å². The van der Waals surface area contributed by atoms with Gasteiger partial charge in [0.15, 0.2) is 0 Å². The van der Waals surface area contributed by atoms with Gasteiger partial charge in [-0.3, -0.25) is 0 Å². The highest BCUT2D eigenvalue weighted by Crippen LogP contribution is 2.25. The molecule has 0 bridgehead atoms. The molecule has 0 amide bonds. The van der Waals surface area contributed by atoms with E-state index in [0.29, 0.717) is 12.4 Å². The first-order valence-electron chi connectivity index (χ1n) is 6.99. The van der Waals surface area contributed by atoms with Crippen LogP contribution in [-0.2, 0) is 13.0 Å². The third-order valence-electron chi connectivity index (χ3n) is 3.19. The average molecular weight is 324 g/mol. The fourth-order valence-electron chi connectivity index (χ4n) is 2.17. The van der Waals surface area contributed by atoms with E-state index < -0.39 is 5.82 Å². The van der Waals surface area contributed by atoms with Crippen LogP contribution in [0, 0.1) is 5.82 Å².